The summed E-state index contributed by atoms with van der Waals surface area (Å²) in [6.07, 6.45) is 2.50. The van der Waals surface area contributed by atoms with Crippen LogP contribution in [-0.4, -0.2) is 41.3 Å². The van der Waals surface area contributed by atoms with Gasteiger partial charge in [0.1, 0.15) is 12.8 Å². The Bertz CT molecular complexity index is 862. The molecule has 0 bridgehead atoms. The molecule has 1 saturated carbocycles. The van der Waals surface area contributed by atoms with Crippen molar-refractivity contribution in [1.29, 1.82) is 0 Å². The minimum Gasteiger partial charge on any atom is -0.448 e. The molecule has 5 rings (SSSR count). The molecule has 5 nitrogen and oxygen atoms in total. The molecule has 0 radical (unpaired) electrons. The first-order valence-electron chi connectivity index (χ1n) is 10.6. The van der Waals surface area contributed by atoms with E-state index in [0.29, 0.717) is 0 Å². The minimum absolute atomic E-state index is 0.0278. The van der Waals surface area contributed by atoms with Crippen LogP contribution in [0, 0.1) is 5.92 Å². The summed E-state index contributed by atoms with van der Waals surface area (Å²) in [4.78, 5) is 14.7. The third-order valence-electron chi connectivity index (χ3n) is 6.77. The van der Waals surface area contributed by atoms with Gasteiger partial charge in [-0.05, 0) is 47.9 Å². The Kier molecular flexibility index (Phi) is 4.80. The van der Waals surface area contributed by atoms with Crippen LogP contribution in [0.25, 0.3) is 11.1 Å². The Morgan fingerprint density at radius 3 is 2.28 bits per heavy atom. The number of carbonyl (C=O) groups excluding carboxylic acids is 1. The maximum atomic E-state index is 13.1. The minimum atomic E-state index is -0.936. The van der Waals surface area contributed by atoms with Gasteiger partial charge >= 0.3 is 6.09 Å². The van der Waals surface area contributed by atoms with E-state index in [4.69, 9.17) is 9.47 Å². The Morgan fingerprint density at radius 1 is 1.07 bits per heavy atom. The van der Waals surface area contributed by atoms with Gasteiger partial charge in [0.2, 0.25) is 0 Å². The lowest BCUT2D eigenvalue weighted by molar-refractivity contribution is -0.0987. The molecule has 1 aliphatic heterocycles. The van der Waals surface area contributed by atoms with E-state index < -0.39 is 18.6 Å². The van der Waals surface area contributed by atoms with Gasteiger partial charge in [-0.3, -0.25) is 4.90 Å². The summed E-state index contributed by atoms with van der Waals surface area (Å²) >= 11 is 0. The standard InChI is InChI=1S/C24H27NO4/c1-15-25(22(23(26)29-15)16-8-2-3-9-16)24(27)28-14-21-19-12-6-4-10-17(19)18-11-5-7-13-20(18)21/h4-7,10-13,15-16,21-23,26H,2-3,8-9,14H2,1H3/t15?,22-,23?/m0/s1. The van der Waals surface area contributed by atoms with Gasteiger partial charge in [-0.1, -0.05) is 61.4 Å². The van der Waals surface area contributed by atoms with Crippen LogP contribution in [0.5, 0.6) is 0 Å². The molecule has 29 heavy (non-hydrogen) atoms. The predicted octanol–water partition coefficient (Wildman–Crippen LogP) is 4.49. The van der Waals surface area contributed by atoms with Gasteiger partial charge < -0.3 is 14.6 Å². The van der Waals surface area contributed by atoms with Crippen LogP contribution >= 0.6 is 0 Å². The van der Waals surface area contributed by atoms with Gasteiger partial charge in [0.05, 0.1) is 6.04 Å². The second kappa shape index (κ2) is 7.47. The van der Waals surface area contributed by atoms with Gasteiger partial charge in [0.25, 0.3) is 0 Å². The summed E-state index contributed by atoms with van der Waals surface area (Å²) < 4.78 is 11.4. The molecule has 2 unspecified atom stereocenters. The Hall–Kier alpha value is -2.37. The highest BCUT2D eigenvalue weighted by Crippen LogP contribution is 2.45. The molecular weight excluding hydrogens is 366 g/mol. The van der Waals surface area contributed by atoms with Crippen LogP contribution in [0.15, 0.2) is 48.5 Å². The number of carbonyl (C=O) groups is 1. The van der Waals surface area contributed by atoms with Crippen LogP contribution in [0.2, 0.25) is 0 Å². The molecule has 2 aliphatic carbocycles. The van der Waals surface area contributed by atoms with Crippen molar-refractivity contribution >= 4 is 6.09 Å². The number of hydrogen-bond acceptors (Lipinski definition) is 4. The van der Waals surface area contributed by atoms with Crippen LogP contribution in [0.3, 0.4) is 0 Å². The maximum Gasteiger partial charge on any atom is 0.412 e. The number of aliphatic hydroxyl groups excluding tert-OH is 1. The average molecular weight is 393 g/mol. The highest BCUT2D eigenvalue weighted by molar-refractivity contribution is 5.79. The summed E-state index contributed by atoms with van der Waals surface area (Å²) in [6, 6.07) is 16.3. The number of amides is 1. The van der Waals surface area contributed by atoms with E-state index in [-0.39, 0.29) is 24.5 Å². The van der Waals surface area contributed by atoms with Crippen molar-refractivity contribution in [2.45, 2.75) is 57.1 Å². The number of aliphatic hydroxyl groups is 1. The zero-order valence-corrected chi connectivity index (χ0v) is 16.7. The third kappa shape index (κ3) is 3.13. The van der Waals surface area contributed by atoms with E-state index in [1.807, 2.05) is 24.3 Å². The summed E-state index contributed by atoms with van der Waals surface area (Å²) in [7, 11) is 0. The first kappa shape index (κ1) is 18.6. The molecule has 0 spiro atoms. The highest BCUT2D eigenvalue weighted by Gasteiger charge is 2.47. The Morgan fingerprint density at radius 2 is 1.66 bits per heavy atom. The molecular formula is C24H27NO4. The average Bonchev–Trinajstić information content (AvgIpc) is 3.43. The van der Waals surface area contributed by atoms with Crippen molar-refractivity contribution < 1.29 is 19.4 Å². The molecule has 1 saturated heterocycles. The monoisotopic (exact) mass is 393 g/mol. The molecule has 2 fully saturated rings. The van der Waals surface area contributed by atoms with Crippen molar-refractivity contribution in [3.8, 4) is 11.1 Å². The van der Waals surface area contributed by atoms with E-state index in [0.717, 1.165) is 25.7 Å². The second-order valence-electron chi connectivity index (χ2n) is 8.37. The molecule has 0 aromatic heterocycles. The molecule has 152 valence electrons. The van der Waals surface area contributed by atoms with Crippen molar-refractivity contribution in [2.75, 3.05) is 6.61 Å². The fourth-order valence-electron chi connectivity index (χ4n) is 5.43. The first-order chi connectivity index (χ1) is 14.1. The molecule has 1 N–H and O–H groups in total. The van der Waals surface area contributed by atoms with Crippen molar-refractivity contribution in [1.82, 2.24) is 4.90 Å². The van der Waals surface area contributed by atoms with Gasteiger partial charge in [0, 0.05) is 5.92 Å². The van der Waals surface area contributed by atoms with Crippen LogP contribution in [0.1, 0.15) is 49.7 Å². The molecule has 2 aromatic rings. The molecule has 1 heterocycles. The van der Waals surface area contributed by atoms with Gasteiger partial charge in [-0.15, -0.1) is 0 Å². The van der Waals surface area contributed by atoms with E-state index in [9.17, 15) is 9.90 Å². The SMILES string of the molecule is CC1OC(O)[C@H](C2CCCC2)N1C(=O)OCC1c2ccccc2-c2ccccc21. The fraction of sp³-hybridized carbons (Fsp3) is 0.458. The Balaban J connectivity index is 1.35. The zero-order chi connectivity index (χ0) is 20.0. The second-order valence-corrected chi connectivity index (χ2v) is 8.37. The highest BCUT2D eigenvalue weighted by atomic mass is 16.6. The quantitative estimate of drug-likeness (QED) is 0.835. The van der Waals surface area contributed by atoms with Crippen molar-refractivity contribution in [2.24, 2.45) is 5.92 Å². The summed E-state index contributed by atoms with van der Waals surface area (Å²) in [5.41, 5.74) is 4.81. The number of fused-ring (bicyclic) bond motifs is 3. The van der Waals surface area contributed by atoms with Crippen molar-refractivity contribution in [3.05, 3.63) is 59.7 Å². The summed E-state index contributed by atoms with van der Waals surface area (Å²) in [6.45, 7) is 2.09. The first-order valence-corrected chi connectivity index (χ1v) is 10.6. The molecule has 3 atom stereocenters. The smallest absolute Gasteiger partial charge is 0.412 e. The largest absolute Gasteiger partial charge is 0.448 e. The number of hydrogen-bond donors (Lipinski definition) is 1. The number of rotatable bonds is 3. The third-order valence-corrected chi connectivity index (χ3v) is 6.77. The van der Waals surface area contributed by atoms with Crippen molar-refractivity contribution in [3.63, 3.8) is 0 Å². The predicted molar refractivity (Wildman–Crippen MR) is 109 cm³/mol. The van der Waals surface area contributed by atoms with Crippen LogP contribution in [-0.2, 0) is 9.47 Å². The van der Waals surface area contributed by atoms with E-state index in [1.54, 1.807) is 11.8 Å². The lowest BCUT2D eigenvalue weighted by Gasteiger charge is -2.30. The zero-order valence-electron chi connectivity index (χ0n) is 16.7. The molecule has 1 amide bonds. The topological polar surface area (TPSA) is 59.0 Å². The lowest BCUT2D eigenvalue weighted by Crippen LogP contribution is -2.46. The van der Waals surface area contributed by atoms with Gasteiger partial charge in [-0.2, -0.15) is 0 Å². The number of nitrogens with zero attached hydrogens (tertiary/aromatic N) is 1. The van der Waals surface area contributed by atoms with Gasteiger partial charge in [-0.25, -0.2) is 4.79 Å². The Labute approximate surface area is 171 Å². The summed E-state index contributed by atoms with van der Waals surface area (Å²) in [5, 5.41) is 10.4. The summed E-state index contributed by atoms with van der Waals surface area (Å²) in [5.74, 6) is 0.301. The number of ether oxygens (including phenoxy) is 2. The van der Waals surface area contributed by atoms with Crippen LogP contribution in [0.4, 0.5) is 4.79 Å². The van der Waals surface area contributed by atoms with E-state index in [1.165, 1.54) is 22.3 Å². The lowest BCUT2D eigenvalue weighted by atomic mass is 9.97. The molecule has 2 aromatic carbocycles. The normalized spacial score (nSPS) is 26.6. The number of benzene rings is 2. The fourth-order valence-corrected chi connectivity index (χ4v) is 5.43. The van der Waals surface area contributed by atoms with E-state index >= 15 is 0 Å². The maximum absolute atomic E-state index is 13.1. The van der Waals surface area contributed by atoms with E-state index in [2.05, 4.69) is 24.3 Å². The van der Waals surface area contributed by atoms with Gasteiger partial charge in [0.15, 0.2) is 6.29 Å². The molecule has 5 heteroatoms. The van der Waals surface area contributed by atoms with Crippen LogP contribution < -0.4 is 0 Å². The molecule has 3 aliphatic rings.